The molecule has 0 N–H and O–H groups in total. The van der Waals surface area contributed by atoms with Gasteiger partial charge < -0.3 is 18.6 Å². The van der Waals surface area contributed by atoms with E-state index in [-0.39, 0.29) is 0 Å². The van der Waals surface area contributed by atoms with Gasteiger partial charge in [-0.2, -0.15) is 5.26 Å². The zero-order chi connectivity index (χ0) is 42.7. The number of rotatable bonds is 7. The van der Waals surface area contributed by atoms with Crippen LogP contribution in [0.5, 0.6) is 0 Å². The fourth-order valence-corrected chi connectivity index (χ4v) is 9.04. The van der Waals surface area contributed by atoms with Crippen molar-refractivity contribution in [3.8, 4) is 17.2 Å². The summed E-state index contributed by atoms with van der Waals surface area (Å²) in [5, 5.41) is 18.5. The number of benzene rings is 10. The molecular weight excluding hydrogens is 785 g/mol. The van der Waals surface area contributed by atoms with E-state index < -0.39 is 0 Å². The first-order valence-corrected chi connectivity index (χ1v) is 21.1. The highest BCUT2D eigenvalue weighted by molar-refractivity contribution is 6.12. The Morgan fingerprint density at radius 1 is 0.375 bits per heavy atom. The molecule has 0 saturated carbocycles. The molecule has 0 aliphatic carbocycles. The van der Waals surface area contributed by atoms with Crippen molar-refractivity contribution in [3.63, 3.8) is 0 Å². The first-order chi connectivity index (χ1) is 31.6. The molecule has 6 nitrogen and oxygen atoms in total. The van der Waals surface area contributed by atoms with E-state index in [0.717, 1.165) is 99.9 Å². The standard InChI is InChI=1S/C58H34N4O2/c1-60-44-16-24-48(25-17-44)62(50-27-29-52-54-31-41-7-3-5-9-43(41)33-56(54)64-58(52)35-50)47-22-14-39(15-23-47)38-12-20-46(21-13-38)61(45-18-10-37(36-59)11-19-45)49-26-28-51-53-30-40-6-2-4-8-42(40)32-55(53)63-57(51)34-49/h2-35H. The summed E-state index contributed by atoms with van der Waals surface area (Å²) in [6.07, 6.45) is 0. The van der Waals surface area contributed by atoms with Gasteiger partial charge in [0.25, 0.3) is 0 Å². The molecule has 2 heterocycles. The zero-order valence-electron chi connectivity index (χ0n) is 34.2. The van der Waals surface area contributed by atoms with Crippen molar-refractivity contribution in [1.29, 1.82) is 5.26 Å². The fourth-order valence-electron chi connectivity index (χ4n) is 9.04. The third-order valence-electron chi connectivity index (χ3n) is 12.2. The van der Waals surface area contributed by atoms with E-state index in [1.54, 1.807) is 0 Å². The maximum Gasteiger partial charge on any atom is 0.187 e. The van der Waals surface area contributed by atoms with Crippen LogP contribution < -0.4 is 9.80 Å². The average molecular weight is 819 g/mol. The van der Waals surface area contributed by atoms with Gasteiger partial charge in [-0.25, -0.2) is 4.85 Å². The average Bonchev–Trinajstić information content (AvgIpc) is 3.89. The Bertz CT molecular complexity index is 3600. The Labute approximate surface area is 368 Å². The number of nitrogens with zero attached hydrogens (tertiary/aromatic N) is 4. The monoisotopic (exact) mass is 818 g/mol. The minimum absolute atomic E-state index is 0.587. The van der Waals surface area contributed by atoms with Crippen LogP contribution in [0.25, 0.3) is 81.4 Å². The topological polar surface area (TPSA) is 60.9 Å². The molecule has 0 radical (unpaired) electrons. The van der Waals surface area contributed by atoms with Crippen molar-refractivity contribution in [2.24, 2.45) is 0 Å². The number of hydrogen-bond donors (Lipinski definition) is 0. The van der Waals surface area contributed by atoms with Gasteiger partial charge in [0.1, 0.15) is 22.3 Å². The predicted molar refractivity (Wildman–Crippen MR) is 262 cm³/mol. The Kier molecular flexibility index (Phi) is 8.50. The van der Waals surface area contributed by atoms with E-state index in [2.05, 4.69) is 166 Å². The van der Waals surface area contributed by atoms with Crippen molar-refractivity contribution in [2.75, 3.05) is 9.80 Å². The number of furan rings is 2. The normalized spacial score (nSPS) is 11.4. The molecule has 10 aromatic carbocycles. The minimum atomic E-state index is 0.587. The van der Waals surface area contributed by atoms with Crippen LogP contribution in [0.2, 0.25) is 0 Å². The predicted octanol–water partition coefficient (Wildman–Crippen LogP) is 16.8. The molecular formula is C58H34N4O2. The molecule has 0 atom stereocenters. The van der Waals surface area contributed by atoms with Gasteiger partial charge >= 0.3 is 0 Å². The molecule has 2 aromatic heterocycles. The van der Waals surface area contributed by atoms with Crippen LogP contribution in [0.3, 0.4) is 0 Å². The second-order valence-corrected chi connectivity index (χ2v) is 16.0. The minimum Gasteiger partial charge on any atom is -0.456 e. The molecule has 0 amide bonds. The summed E-state index contributed by atoms with van der Waals surface area (Å²) in [7, 11) is 0. The molecule has 0 bridgehead atoms. The Hall–Kier alpha value is -9.10. The van der Waals surface area contributed by atoms with E-state index in [1.807, 2.05) is 60.7 Å². The van der Waals surface area contributed by atoms with Crippen molar-refractivity contribution < 1.29 is 8.83 Å². The van der Waals surface area contributed by atoms with Gasteiger partial charge in [0.2, 0.25) is 0 Å². The molecule has 0 aliphatic rings. The number of nitriles is 1. The summed E-state index contributed by atoms with van der Waals surface area (Å²) < 4.78 is 13.0. The summed E-state index contributed by atoms with van der Waals surface area (Å²) in [4.78, 5) is 8.02. The molecule has 0 fully saturated rings. The van der Waals surface area contributed by atoms with E-state index in [9.17, 15) is 5.26 Å². The molecule has 6 heteroatoms. The number of hydrogen-bond acceptors (Lipinski definition) is 5. The van der Waals surface area contributed by atoms with Gasteiger partial charge in [-0.1, -0.05) is 84.9 Å². The first-order valence-electron chi connectivity index (χ1n) is 21.1. The molecule has 12 rings (SSSR count). The fraction of sp³-hybridized carbons (Fsp3) is 0. The Morgan fingerprint density at radius 2 is 0.734 bits per heavy atom. The van der Waals surface area contributed by atoms with Crippen LogP contribution in [0, 0.1) is 17.9 Å². The van der Waals surface area contributed by atoms with E-state index in [0.29, 0.717) is 11.3 Å². The van der Waals surface area contributed by atoms with Gasteiger partial charge in [0, 0.05) is 67.8 Å². The van der Waals surface area contributed by atoms with Crippen LogP contribution in [0.15, 0.2) is 215 Å². The van der Waals surface area contributed by atoms with Gasteiger partial charge in [0.05, 0.1) is 18.2 Å². The molecule has 12 aromatic rings. The smallest absolute Gasteiger partial charge is 0.187 e. The lowest BCUT2D eigenvalue weighted by Crippen LogP contribution is -2.10. The van der Waals surface area contributed by atoms with Crippen LogP contribution in [-0.2, 0) is 0 Å². The maximum absolute atomic E-state index is 9.58. The van der Waals surface area contributed by atoms with Crippen LogP contribution in [0.1, 0.15) is 5.56 Å². The highest BCUT2D eigenvalue weighted by atomic mass is 16.3. The van der Waals surface area contributed by atoms with Gasteiger partial charge in [0.15, 0.2) is 5.69 Å². The molecule has 298 valence electrons. The quantitative estimate of drug-likeness (QED) is 0.150. The Morgan fingerprint density at radius 3 is 1.14 bits per heavy atom. The zero-order valence-corrected chi connectivity index (χ0v) is 34.2. The van der Waals surface area contributed by atoms with E-state index in [1.165, 1.54) is 10.8 Å². The summed E-state index contributed by atoms with van der Waals surface area (Å²) in [6, 6.07) is 72.8. The second kappa shape index (κ2) is 14.8. The lowest BCUT2D eigenvalue weighted by molar-refractivity contribution is 0.669. The number of fused-ring (bicyclic) bond motifs is 8. The third-order valence-corrected chi connectivity index (χ3v) is 12.2. The molecule has 64 heavy (non-hydrogen) atoms. The third kappa shape index (κ3) is 6.26. The lowest BCUT2D eigenvalue weighted by atomic mass is 10.0. The maximum atomic E-state index is 9.58. The van der Waals surface area contributed by atoms with Crippen molar-refractivity contribution in [3.05, 3.63) is 223 Å². The summed E-state index contributed by atoms with van der Waals surface area (Å²) in [5.74, 6) is 0. The van der Waals surface area contributed by atoms with Gasteiger partial charge in [-0.3, -0.25) is 0 Å². The first kappa shape index (κ1) is 36.7. The molecule has 0 unspecified atom stereocenters. The lowest BCUT2D eigenvalue weighted by Gasteiger charge is -2.26. The second-order valence-electron chi connectivity index (χ2n) is 16.0. The summed E-state index contributed by atoms with van der Waals surface area (Å²) in [6.45, 7) is 7.54. The van der Waals surface area contributed by atoms with E-state index >= 15 is 0 Å². The van der Waals surface area contributed by atoms with Crippen LogP contribution >= 0.6 is 0 Å². The van der Waals surface area contributed by atoms with Gasteiger partial charge in [-0.05, 0) is 142 Å². The van der Waals surface area contributed by atoms with E-state index in [4.69, 9.17) is 15.4 Å². The Balaban J connectivity index is 0.894. The summed E-state index contributed by atoms with van der Waals surface area (Å²) in [5.41, 5.74) is 12.3. The van der Waals surface area contributed by atoms with Crippen molar-refractivity contribution in [2.45, 2.75) is 0 Å². The van der Waals surface area contributed by atoms with Gasteiger partial charge in [-0.15, -0.1) is 0 Å². The van der Waals surface area contributed by atoms with Crippen LogP contribution in [-0.4, -0.2) is 0 Å². The van der Waals surface area contributed by atoms with Crippen LogP contribution in [0.4, 0.5) is 39.8 Å². The van der Waals surface area contributed by atoms with Crippen molar-refractivity contribution in [1.82, 2.24) is 0 Å². The molecule has 0 spiro atoms. The molecule has 0 saturated heterocycles. The highest BCUT2D eigenvalue weighted by Crippen LogP contribution is 2.43. The SMILES string of the molecule is [C-]#[N+]c1ccc(N(c2ccc(-c3ccc(N(c4ccc(C#N)cc4)c4ccc5c(c4)oc4cc6ccccc6cc45)cc3)cc2)c2ccc3c(c2)oc2cc4ccccc4cc23)cc1. The molecule has 0 aliphatic heterocycles. The van der Waals surface area contributed by atoms with Crippen molar-refractivity contribution >= 4 is 105 Å². The number of anilines is 6. The highest BCUT2D eigenvalue weighted by Gasteiger charge is 2.19. The largest absolute Gasteiger partial charge is 0.456 e. The summed E-state index contributed by atoms with van der Waals surface area (Å²) >= 11 is 0.